The highest BCUT2D eigenvalue weighted by Gasteiger charge is 2.06. The lowest BCUT2D eigenvalue weighted by molar-refractivity contribution is 0.0953. The van der Waals surface area contributed by atoms with Gasteiger partial charge in [-0.3, -0.25) is 10.2 Å². The van der Waals surface area contributed by atoms with E-state index in [1.54, 1.807) is 6.07 Å². The minimum atomic E-state index is -0.270. The monoisotopic (exact) mass is 228 g/mol. The van der Waals surface area contributed by atoms with E-state index in [9.17, 15) is 4.79 Å². The van der Waals surface area contributed by atoms with E-state index >= 15 is 0 Å². The third-order valence-electron chi connectivity index (χ3n) is 1.58. The van der Waals surface area contributed by atoms with Crippen LogP contribution >= 0.6 is 15.9 Å². The van der Waals surface area contributed by atoms with Crippen molar-refractivity contribution >= 4 is 21.8 Å². The molecule has 1 aromatic rings. The predicted molar refractivity (Wildman–Crippen MR) is 50.5 cm³/mol. The van der Waals surface area contributed by atoms with Gasteiger partial charge < -0.3 is 0 Å². The number of carbonyl (C=O) groups excluding carboxylic acids is 1. The van der Waals surface area contributed by atoms with Crippen molar-refractivity contribution in [3.05, 3.63) is 33.8 Å². The van der Waals surface area contributed by atoms with Gasteiger partial charge in [0.25, 0.3) is 5.91 Å². The summed E-state index contributed by atoms with van der Waals surface area (Å²) >= 11 is 3.27. The molecule has 0 fully saturated rings. The maximum Gasteiger partial charge on any atom is 0.265 e. The Morgan fingerprint density at radius 1 is 1.58 bits per heavy atom. The van der Waals surface area contributed by atoms with Crippen LogP contribution in [0.2, 0.25) is 0 Å². The number of rotatable bonds is 1. The van der Waals surface area contributed by atoms with Gasteiger partial charge in [0, 0.05) is 10.0 Å². The largest absolute Gasteiger partial charge is 0.290 e. The van der Waals surface area contributed by atoms with Gasteiger partial charge in [0.2, 0.25) is 0 Å². The Morgan fingerprint density at radius 3 is 2.83 bits per heavy atom. The van der Waals surface area contributed by atoms with Gasteiger partial charge >= 0.3 is 0 Å². The molecule has 12 heavy (non-hydrogen) atoms. The Bertz CT molecular complexity index is 312. The second-order valence-corrected chi connectivity index (χ2v) is 3.35. The first-order valence-corrected chi connectivity index (χ1v) is 4.21. The van der Waals surface area contributed by atoms with Crippen LogP contribution in [0.3, 0.4) is 0 Å². The lowest BCUT2D eigenvalue weighted by Gasteiger charge is -2.03. The molecule has 0 radical (unpaired) electrons. The summed E-state index contributed by atoms with van der Waals surface area (Å²) in [4.78, 5) is 11.1. The standard InChI is InChI=1S/C8H9BrN2O/c1-5-2-3-6(9)4-7(5)8(12)11-10/h2-4H,10H2,1H3,(H,11,12). The number of nitrogens with two attached hydrogens (primary N) is 1. The number of carbonyl (C=O) groups is 1. The summed E-state index contributed by atoms with van der Waals surface area (Å²) in [6, 6.07) is 5.47. The fourth-order valence-corrected chi connectivity index (χ4v) is 1.28. The molecule has 1 amide bonds. The Hall–Kier alpha value is -0.870. The zero-order valence-electron chi connectivity index (χ0n) is 6.60. The first kappa shape index (κ1) is 9.22. The molecule has 0 unspecified atom stereocenters. The van der Waals surface area contributed by atoms with Crippen molar-refractivity contribution in [2.45, 2.75) is 6.92 Å². The smallest absolute Gasteiger partial charge is 0.265 e. The van der Waals surface area contributed by atoms with E-state index in [-0.39, 0.29) is 5.91 Å². The van der Waals surface area contributed by atoms with E-state index < -0.39 is 0 Å². The van der Waals surface area contributed by atoms with Crippen LogP contribution in [0.25, 0.3) is 0 Å². The predicted octanol–water partition coefficient (Wildman–Crippen LogP) is 1.36. The maximum absolute atomic E-state index is 11.1. The fourth-order valence-electron chi connectivity index (χ4n) is 0.917. The van der Waals surface area contributed by atoms with Gasteiger partial charge in [-0.25, -0.2) is 5.84 Å². The molecule has 0 aromatic heterocycles. The van der Waals surface area contributed by atoms with Crippen LogP contribution in [0.15, 0.2) is 22.7 Å². The minimum Gasteiger partial charge on any atom is -0.290 e. The van der Waals surface area contributed by atoms with Gasteiger partial charge in [-0.2, -0.15) is 0 Å². The molecule has 1 rings (SSSR count). The van der Waals surface area contributed by atoms with Crippen molar-refractivity contribution < 1.29 is 4.79 Å². The van der Waals surface area contributed by atoms with Crippen LogP contribution in [-0.4, -0.2) is 5.91 Å². The van der Waals surface area contributed by atoms with Crippen molar-refractivity contribution in [3.63, 3.8) is 0 Å². The molecule has 3 nitrogen and oxygen atoms in total. The third-order valence-corrected chi connectivity index (χ3v) is 2.07. The SMILES string of the molecule is Cc1ccc(Br)cc1C(=O)NN. The van der Waals surface area contributed by atoms with Crippen LogP contribution in [0.1, 0.15) is 15.9 Å². The Kier molecular flexibility index (Phi) is 2.83. The minimum absolute atomic E-state index is 0.270. The summed E-state index contributed by atoms with van der Waals surface area (Å²) in [5.41, 5.74) is 3.58. The first-order chi connectivity index (χ1) is 5.65. The Morgan fingerprint density at radius 2 is 2.25 bits per heavy atom. The van der Waals surface area contributed by atoms with Gasteiger partial charge in [-0.15, -0.1) is 0 Å². The number of halogens is 1. The molecule has 4 heteroatoms. The highest BCUT2D eigenvalue weighted by molar-refractivity contribution is 9.10. The van der Waals surface area contributed by atoms with Crippen molar-refractivity contribution in [1.82, 2.24) is 5.43 Å². The Balaban J connectivity index is 3.13. The van der Waals surface area contributed by atoms with Crippen LogP contribution in [-0.2, 0) is 0 Å². The average Bonchev–Trinajstić information content (AvgIpc) is 2.08. The zero-order chi connectivity index (χ0) is 9.14. The van der Waals surface area contributed by atoms with E-state index in [2.05, 4.69) is 21.4 Å². The molecule has 0 saturated heterocycles. The van der Waals surface area contributed by atoms with Crippen LogP contribution in [0, 0.1) is 6.92 Å². The van der Waals surface area contributed by atoms with Crippen molar-refractivity contribution in [3.8, 4) is 0 Å². The molecule has 0 bridgehead atoms. The van der Waals surface area contributed by atoms with Gasteiger partial charge in [0.05, 0.1) is 0 Å². The number of aryl methyl sites for hydroxylation is 1. The van der Waals surface area contributed by atoms with Crippen molar-refractivity contribution in [2.24, 2.45) is 5.84 Å². The molecule has 0 aliphatic carbocycles. The molecule has 0 aliphatic rings. The van der Waals surface area contributed by atoms with Crippen molar-refractivity contribution in [1.29, 1.82) is 0 Å². The van der Waals surface area contributed by atoms with E-state index in [4.69, 9.17) is 5.84 Å². The van der Waals surface area contributed by atoms with E-state index in [1.165, 1.54) is 0 Å². The fraction of sp³-hybridized carbons (Fsp3) is 0.125. The number of hydrogen-bond donors (Lipinski definition) is 2. The van der Waals surface area contributed by atoms with Crippen LogP contribution < -0.4 is 11.3 Å². The number of hydrazine groups is 1. The number of hydrogen-bond acceptors (Lipinski definition) is 2. The summed E-state index contributed by atoms with van der Waals surface area (Å²) in [5.74, 6) is 4.74. The summed E-state index contributed by atoms with van der Waals surface area (Å²) < 4.78 is 0.867. The average molecular weight is 229 g/mol. The first-order valence-electron chi connectivity index (χ1n) is 3.42. The summed E-state index contributed by atoms with van der Waals surface area (Å²) in [7, 11) is 0. The normalized spacial score (nSPS) is 9.58. The molecular formula is C8H9BrN2O. The van der Waals surface area contributed by atoms with Crippen LogP contribution in [0.5, 0.6) is 0 Å². The number of amides is 1. The second kappa shape index (κ2) is 3.69. The second-order valence-electron chi connectivity index (χ2n) is 2.43. The molecule has 1 aromatic carbocycles. The molecular weight excluding hydrogens is 220 g/mol. The van der Waals surface area contributed by atoms with E-state index in [1.807, 2.05) is 19.1 Å². The lowest BCUT2D eigenvalue weighted by atomic mass is 10.1. The zero-order valence-corrected chi connectivity index (χ0v) is 8.18. The lowest BCUT2D eigenvalue weighted by Crippen LogP contribution is -2.30. The highest BCUT2D eigenvalue weighted by Crippen LogP contribution is 2.15. The summed E-state index contributed by atoms with van der Waals surface area (Å²) in [6.07, 6.45) is 0. The molecule has 0 spiro atoms. The van der Waals surface area contributed by atoms with Gasteiger partial charge in [-0.1, -0.05) is 22.0 Å². The maximum atomic E-state index is 11.1. The molecule has 0 saturated carbocycles. The Labute approximate surface area is 79.1 Å². The number of benzene rings is 1. The molecule has 0 heterocycles. The number of nitrogens with one attached hydrogen (secondary N) is 1. The van der Waals surface area contributed by atoms with Gasteiger partial charge in [-0.05, 0) is 24.6 Å². The van der Waals surface area contributed by atoms with Crippen LogP contribution in [0.4, 0.5) is 0 Å². The summed E-state index contributed by atoms with van der Waals surface area (Å²) in [6.45, 7) is 1.86. The van der Waals surface area contributed by atoms with Crippen molar-refractivity contribution in [2.75, 3.05) is 0 Å². The van der Waals surface area contributed by atoms with Gasteiger partial charge in [0.1, 0.15) is 0 Å². The molecule has 0 aliphatic heterocycles. The highest BCUT2D eigenvalue weighted by atomic mass is 79.9. The van der Waals surface area contributed by atoms with Gasteiger partial charge in [0.15, 0.2) is 0 Å². The van der Waals surface area contributed by atoms with E-state index in [0.717, 1.165) is 10.0 Å². The molecule has 64 valence electrons. The topological polar surface area (TPSA) is 55.1 Å². The van der Waals surface area contributed by atoms with E-state index in [0.29, 0.717) is 5.56 Å². The number of nitrogen functional groups attached to an aromatic ring is 1. The molecule has 3 N–H and O–H groups in total. The third kappa shape index (κ3) is 1.84. The molecule has 0 atom stereocenters. The quantitative estimate of drug-likeness (QED) is 0.434. The summed E-state index contributed by atoms with van der Waals surface area (Å²) in [5, 5.41) is 0.